The third-order valence-electron chi connectivity index (χ3n) is 2.11. The summed E-state index contributed by atoms with van der Waals surface area (Å²) in [7, 11) is 0.418. The van der Waals surface area contributed by atoms with E-state index in [0.717, 1.165) is 6.07 Å². The Labute approximate surface area is 92.0 Å². The molecule has 0 aliphatic heterocycles. The van der Waals surface area contributed by atoms with E-state index in [-0.39, 0.29) is 0 Å². The average molecular weight is 263 g/mol. The summed E-state index contributed by atoms with van der Waals surface area (Å²) >= 11 is 0. The van der Waals surface area contributed by atoms with Gasteiger partial charge in [-0.15, -0.1) is 0 Å². The molecule has 0 fully saturated rings. The van der Waals surface area contributed by atoms with Gasteiger partial charge in [-0.3, -0.25) is 4.79 Å². The number of nitriles is 1. The van der Waals surface area contributed by atoms with E-state index in [1.807, 2.05) is 0 Å². The number of alkyl halides is 6. The molecule has 17 heavy (non-hydrogen) atoms. The number of hydrogen-bond acceptors (Lipinski definition) is 3. The van der Waals surface area contributed by atoms with Crippen LogP contribution in [-0.2, 0) is 9.53 Å². The third kappa shape index (κ3) is 2.62. The lowest BCUT2D eigenvalue weighted by molar-refractivity contribution is -0.333. The van der Waals surface area contributed by atoms with E-state index in [1.165, 1.54) is 0 Å². The highest BCUT2D eigenvalue weighted by Gasteiger charge is 2.75. The van der Waals surface area contributed by atoms with Crippen LogP contribution in [0.25, 0.3) is 0 Å². The molecule has 0 saturated carbocycles. The van der Waals surface area contributed by atoms with Crippen LogP contribution < -0.4 is 0 Å². The first kappa shape index (κ1) is 15.5. The Kier molecular flexibility index (Phi) is 4.40. The van der Waals surface area contributed by atoms with Crippen molar-refractivity contribution in [3.05, 3.63) is 0 Å². The molecule has 3 nitrogen and oxygen atoms in total. The van der Waals surface area contributed by atoms with Gasteiger partial charge < -0.3 is 4.74 Å². The minimum Gasteiger partial charge on any atom is -0.468 e. The minimum absolute atomic E-state index is 0.418. The Morgan fingerprint density at radius 3 is 1.82 bits per heavy atom. The summed E-state index contributed by atoms with van der Waals surface area (Å²) in [5.74, 6) is -2.47. The number of hydrogen-bond donors (Lipinski definition) is 0. The molecule has 0 N–H and O–H groups in total. The van der Waals surface area contributed by atoms with Crippen molar-refractivity contribution < 1.29 is 35.9 Å². The molecule has 0 aliphatic rings. The van der Waals surface area contributed by atoms with Crippen LogP contribution in [0.2, 0.25) is 0 Å². The fraction of sp³-hybridized carbons (Fsp3) is 0.750. The van der Waals surface area contributed by atoms with Crippen molar-refractivity contribution in [3.8, 4) is 6.07 Å². The van der Waals surface area contributed by atoms with Gasteiger partial charge in [-0.25, -0.2) is 0 Å². The maximum atomic E-state index is 12.5. The number of carbonyl (C=O) groups is 1. The van der Waals surface area contributed by atoms with Crippen LogP contribution in [-0.4, -0.2) is 25.4 Å². The Bertz CT molecular complexity index is 312. The van der Waals surface area contributed by atoms with E-state index < -0.39 is 36.6 Å². The molecule has 0 heterocycles. The van der Waals surface area contributed by atoms with E-state index in [9.17, 15) is 31.1 Å². The summed E-state index contributed by atoms with van der Waals surface area (Å²) in [6, 6.07) is 1.14. The smallest absolute Gasteiger partial charge is 0.413 e. The Morgan fingerprint density at radius 1 is 1.18 bits per heavy atom. The fourth-order valence-electron chi connectivity index (χ4n) is 1.20. The Balaban J connectivity index is 5.74. The molecule has 0 radical (unpaired) electrons. The van der Waals surface area contributed by atoms with Gasteiger partial charge in [0.05, 0.1) is 13.2 Å². The van der Waals surface area contributed by atoms with Gasteiger partial charge >= 0.3 is 18.3 Å². The number of halogens is 6. The second-order valence-corrected chi connectivity index (χ2v) is 3.05. The highest BCUT2D eigenvalue weighted by Crippen LogP contribution is 2.53. The summed E-state index contributed by atoms with van der Waals surface area (Å²) in [5, 5.41) is 8.08. The highest BCUT2D eigenvalue weighted by atomic mass is 19.4. The highest BCUT2D eigenvalue weighted by molar-refractivity contribution is 5.78. The van der Waals surface area contributed by atoms with Crippen molar-refractivity contribution >= 4 is 5.97 Å². The predicted octanol–water partition coefficient (Wildman–Crippen LogP) is 2.57. The summed E-state index contributed by atoms with van der Waals surface area (Å²) in [4.78, 5) is 10.9. The van der Waals surface area contributed by atoms with Crippen molar-refractivity contribution in [1.82, 2.24) is 0 Å². The van der Waals surface area contributed by atoms with Crippen LogP contribution in [0, 0.1) is 16.7 Å². The van der Waals surface area contributed by atoms with Gasteiger partial charge in [0.25, 0.3) is 5.41 Å². The topological polar surface area (TPSA) is 50.1 Å². The first-order valence-corrected chi connectivity index (χ1v) is 4.13. The third-order valence-corrected chi connectivity index (χ3v) is 2.11. The van der Waals surface area contributed by atoms with Gasteiger partial charge in [0.1, 0.15) is 0 Å². The zero-order valence-corrected chi connectivity index (χ0v) is 8.45. The summed E-state index contributed by atoms with van der Waals surface area (Å²) in [6.45, 7) is 0. The molecule has 0 aliphatic carbocycles. The Hall–Kier alpha value is -1.46. The lowest BCUT2D eigenvalue weighted by Crippen LogP contribution is -2.56. The molecule has 0 rings (SSSR count). The molecule has 0 saturated heterocycles. The molecule has 9 heteroatoms. The molecule has 0 atom stereocenters. The van der Waals surface area contributed by atoms with Gasteiger partial charge in [-0.2, -0.15) is 31.6 Å². The van der Waals surface area contributed by atoms with Gasteiger partial charge in [-0.05, 0) is 6.42 Å². The summed E-state index contributed by atoms with van der Waals surface area (Å²) < 4.78 is 78.6. The molecule has 0 spiro atoms. The Morgan fingerprint density at radius 2 is 1.59 bits per heavy atom. The van der Waals surface area contributed by atoms with E-state index >= 15 is 0 Å². The van der Waals surface area contributed by atoms with E-state index in [2.05, 4.69) is 4.74 Å². The van der Waals surface area contributed by atoms with Gasteiger partial charge in [0.15, 0.2) is 0 Å². The molecular formula is C8H7F6NO2. The van der Waals surface area contributed by atoms with Crippen molar-refractivity contribution in [2.45, 2.75) is 25.2 Å². The number of carbonyl (C=O) groups excluding carboxylic acids is 1. The second-order valence-electron chi connectivity index (χ2n) is 3.05. The monoisotopic (exact) mass is 263 g/mol. The van der Waals surface area contributed by atoms with E-state index in [1.54, 1.807) is 0 Å². The standard InChI is InChI=1S/C8H7F6NO2/c1-17-5(16)6(3-2-4-15,7(9,10)11)8(12,13)14/h2-3H2,1H3. The van der Waals surface area contributed by atoms with Gasteiger partial charge in [0.2, 0.25) is 0 Å². The second kappa shape index (κ2) is 4.81. The van der Waals surface area contributed by atoms with Crippen LogP contribution >= 0.6 is 0 Å². The van der Waals surface area contributed by atoms with Crippen LogP contribution in [0.1, 0.15) is 12.8 Å². The van der Waals surface area contributed by atoms with Crippen LogP contribution in [0.4, 0.5) is 26.3 Å². The first-order valence-electron chi connectivity index (χ1n) is 4.13. The average Bonchev–Trinajstić information content (AvgIpc) is 2.14. The van der Waals surface area contributed by atoms with Crippen LogP contribution in [0.15, 0.2) is 0 Å². The fourth-order valence-corrected chi connectivity index (χ4v) is 1.20. The molecular weight excluding hydrogens is 256 g/mol. The maximum Gasteiger partial charge on any atom is 0.413 e. The summed E-state index contributed by atoms with van der Waals surface area (Å²) in [6.07, 6.45) is -14.6. The lowest BCUT2D eigenvalue weighted by atomic mass is 9.81. The molecule has 0 aromatic carbocycles. The zero-order chi connectivity index (χ0) is 13.9. The SMILES string of the molecule is COC(=O)C(CCC#N)(C(F)(F)F)C(F)(F)F. The number of esters is 1. The molecule has 0 amide bonds. The number of nitrogens with zero attached hydrogens (tertiary/aromatic N) is 1. The molecule has 98 valence electrons. The van der Waals surface area contributed by atoms with Crippen molar-refractivity contribution in [1.29, 1.82) is 5.26 Å². The maximum absolute atomic E-state index is 12.5. The largest absolute Gasteiger partial charge is 0.468 e. The zero-order valence-electron chi connectivity index (χ0n) is 8.45. The normalized spacial score (nSPS) is 13.1. The molecule has 0 unspecified atom stereocenters. The van der Waals surface area contributed by atoms with E-state index in [4.69, 9.17) is 5.26 Å². The predicted molar refractivity (Wildman–Crippen MR) is 41.4 cm³/mol. The van der Waals surface area contributed by atoms with E-state index in [0.29, 0.717) is 7.11 Å². The quantitative estimate of drug-likeness (QED) is 0.580. The van der Waals surface area contributed by atoms with Gasteiger partial charge in [0, 0.05) is 6.42 Å². The molecule has 0 bridgehead atoms. The van der Waals surface area contributed by atoms with Crippen LogP contribution in [0.3, 0.4) is 0 Å². The molecule has 0 aromatic heterocycles. The van der Waals surface area contributed by atoms with Crippen LogP contribution in [0.5, 0.6) is 0 Å². The number of ether oxygens (including phenoxy) is 1. The lowest BCUT2D eigenvalue weighted by Gasteiger charge is -2.33. The number of methoxy groups -OCH3 is 1. The first-order chi connectivity index (χ1) is 7.54. The van der Waals surface area contributed by atoms with Gasteiger partial charge in [-0.1, -0.05) is 0 Å². The van der Waals surface area contributed by atoms with Crippen molar-refractivity contribution in [2.75, 3.05) is 7.11 Å². The minimum atomic E-state index is -5.88. The van der Waals surface area contributed by atoms with Crippen molar-refractivity contribution in [3.63, 3.8) is 0 Å². The molecule has 0 aromatic rings. The number of rotatable bonds is 3. The summed E-state index contributed by atoms with van der Waals surface area (Å²) in [5.41, 5.74) is -4.65. The van der Waals surface area contributed by atoms with Crippen molar-refractivity contribution in [2.24, 2.45) is 5.41 Å².